The number of rotatable bonds is 5. The van der Waals surface area contributed by atoms with Gasteiger partial charge < -0.3 is 10.1 Å². The summed E-state index contributed by atoms with van der Waals surface area (Å²) in [6.07, 6.45) is 0. The molecule has 23 heavy (non-hydrogen) atoms. The highest BCUT2D eigenvalue weighted by Gasteiger charge is 2.13. The lowest BCUT2D eigenvalue weighted by Gasteiger charge is -2.14. The van der Waals surface area contributed by atoms with Crippen LogP contribution in [0.4, 0.5) is 4.39 Å². The van der Waals surface area contributed by atoms with Crippen molar-refractivity contribution in [2.45, 2.75) is 13.0 Å². The quantitative estimate of drug-likeness (QED) is 0.851. The Morgan fingerprint density at radius 3 is 2.35 bits per heavy atom. The number of hydrogen-bond donors (Lipinski definition) is 1. The molecule has 4 nitrogen and oxygen atoms in total. The fourth-order valence-corrected chi connectivity index (χ4v) is 2.04. The van der Waals surface area contributed by atoms with Gasteiger partial charge in [0.1, 0.15) is 5.82 Å². The lowest BCUT2D eigenvalue weighted by Crippen LogP contribution is -2.31. The van der Waals surface area contributed by atoms with Crippen LogP contribution < -0.4 is 5.32 Å². The van der Waals surface area contributed by atoms with Crippen LogP contribution in [0.5, 0.6) is 0 Å². The van der Waals surface area contributed by atoms with Gasteiger partial charge in [0.05, 0.1) is 11.6 Å². The van der Waals surface area contributed by atoms with Crippen LogP contribution in [0.25, 0.3) is 0 Å². The summed E-state index contributed by atoms with van der Waals surface area (Å²) in [5, 5.41) is 3.32. The average molecular weight is 336 g/mol. The van der Waals surface area contributed by atoms with Crippen molar-refractivity contribution in [1.82, 2.24) is 5.32 Å². The minimum atomic E-state index is -0.681. The second-order valence-corrected chi connectivity index (χ2v) is 5.36. The first-order chi connectivity index (χ1) is 11.0. The van der Waals surface area contributed by atoms with Gasteiger partial charge in [-0.1, -0.05) is 23.7 Å². The molecule has 0 aliphatic rings. The third-order valence-corrected chi connectivity index (χ3v) is 3.41. The second-order valence-electron chi connectivity index (χ2n) is 4.92. The van der Waals surface area contributed by atoms with Crippen LogP contribution >= 0.6 is 11.6 Å². The molecular weight excluding hydrogens is 321 g/mol. The van der Waals surface area contributed by atoms with Gasteiger partial charge in [0.2, 0.25) is 0 Å². The van der Waals surface area contributed by atoms with Gasteiger partial charge in [-0.15, -0.1) is 0 Å². The highest BCUT2D eigenvalue weighted by Crippen LogP contribution is 2.15. The van der Waals surface area contributed by atoms with E-state index < -0.39 is 24.3 Å². The number of esters is 1. The third-order valence-electron chi connectivity index (χ3n) is 3.16. The molecule has 0 heterocycles. The summed E-state index contributed by atoms with van der Waals surface area (Å²) in [7, 11) is 0. The van der Waals surface area contributed by atoms with Gasteiger partial charge >= 0.3 is 5.97 Å². The molecule has 0 unspecified atom stereocenters. The number of halogens is 2. The van der Waals surface area contributed by atoms with Gasteiger partial charge in [-0.05, 0) is 48.9 Å². The first-order valence-electron chi connectivity index (χ1n) is 6.93. The zero-order valence-corrected chi connectivity index (χ0v) is 13.1. The molecule has 0 aromatic heterocycles. The van der Waals surface area contributed by atoms with Gasteiger partial charge in [0, 0.05) is 5.02 Å². The summed E-state index contributed by atoms with van der Waals surface area (Å²) in [6.45, 7) is 1.40. The summed E-state index contributed by atoms with van der Waals surface area (Å²) < 4.78 is 17.7. The van der Waals surface area contributed by atoms with Crippen molar-refractivity contribution >= 4 is 23.5 Å². The molecule has 2 aromatic carbocycles. The third kappa shape index (κ3) is 5.07. The van der Waals surface area contributed by atoms with Crippen molar-refractivity contribution in [3.63, 3.8) is 0 Å². The molecule has 0 spiro atoms. The van der Waals surface area contributed by atoms with E-state index in [1.54, 1.807) is 24.3 Å². The monoisotopic (exact) mass is 335 g/mol. The van der Waals surface area contributed by atoms with Crippen LogP contribution in [0.3, 0.4) is 0 Å². The van der Waals surface area contributed by atoms with Crippen molar-refractivity contribution in [2.24, 2.45) is 0 Å². The predicted octanol–water partition coefficient (Wildman–Crippen LogP) is 3.51. The standard InChI is InChI=1S/C17H15ClFNO3/c1-11(12-2-6-14(18)7-3-12)20-16(21)10-23-17(22)13-4-8-15(19)9-5-13/h2-9,11H,10H2,1H3,(H,20,21)/t11-/m0/s1. The molecule has 0 saturated heterocycles. The molecule has 1 atom stereocenters. The summed E-state index contributed by atoms with van der Waals surface area (Å²) in [5.41, 5.74) is 1.07. The summed E-state index contributed by atoms with van der Waals surface area (Å²) >= 11 is 5.81. The van der Waals surface area contributed by atoms with Gasteiger partial charge in [-0.3, -0.25) is 4.79 Å². The molecule has 2 rings (SSSR count). The smallest absolute Gasteiger partial charge is 0.338 e. The molecule has 0 fully saturated rings. The Labute approximate surface area is 138 Å². The van der Waals surface area contributed by atoms with Crippen LogP contribution in [-0.4, -0.2) is 18.5 Å². The van der Waals surface area contributed by atoms with Crippen LogP contribution in [0.15, 0.2) is 48.5 Å². The van der Waals surface area contributed by atoms with Crippen molar-refractivity contribution in [1.29, 1.82) is 0 Å². The summed E-state index contributed by atoms with van der Waals surface area (Å²) in [6, 6.07) is 11.7. The number of carbonyl (C=O) groups is 2. The van der Waals surface area contributed by atoms with Crippen LogP contribution in [0.2, 0.25) is 5.02 Å². The molecule has 6 heteroatoms. The van der Waals surface area contributed by atoms with Crippen LogP contribution in [-0.2, 0) is 9.53 Å². The fourth-order valence-electron chi connectivity index (χ4n) is 1.92. The van der Waals surface area contributed by atoms with E-state index in [9.17, 15) is 14.0 Å². The Morgan fingerprint density at radius 2 is 1.74 bits per heavy atom. The van der Waals surface area contributed by atoms with Gasteiger partial charge in [0.15, 0.2) is 6.61 Å². The Balaban J connectivity index is 1.83. The predicted molar refractivity (Wildman–Crippen MR) is 84.7 cm³/mol. The molecule has 0 bridgehead atoms. The van der Waals surface area contributed by atoms with E-state index in [-0.39, 0.29) is 11.6 Å². The first-order valence-corrected chi connectivity index (χ1v) is 7.31. The van der Waals surface area contributed by atoms with Crippen molar-refractivity contribution in [2.75, 3.05) is 6.61 Å². The van der Waals surface area contributed by atoms with Crippen molar-refractivity contribution in [3.8, 4) is 0 Å². The fraction of sp³-hybridized carbons (Fsp3) is 0.176. The lowest BCUT2D eigenvalue weighted by atomic mass is 10.1. The largest absolute Gasteiger partial charge is 0.452 e. The topological polar surface area (TPSA) is 55.4 Å². The first kappa shape index (κ1) is 17.0. The van der Waals surface area contributed by atoms with E-state index in [1.807, 2.05) is 6.92 Å². The SMILES string of the molecule is C[C@H](NC(=O)COC(=O)c1ccc(F)cc1)c1ccc(Cl)cc1. The Kier molecular flexibility index (Phi) is 5.71. The molecule has 0 aliphatic heterocycles. The molecule has 1 amide bonds. The number of nitrogens with one attached hydrogen (secondary N) is 1. The van der Waals surface area contributed by atoms with Crippen molar-refractivity contribution < 1.29 is 18.7 Å². The van der Waals surface area contributed by atoms with Crippen molar-refractivity contribution in [3.05, 3.63) is 70.5 Å². The van der Waals surface area contributed by atoms with E-state index >= 15 is 0 Å². The molecule has 1 N–H and O–H groups in total. The van der Waals surface area contributed by atoms with Gasteiger partial charge in [-0.2, -0.15) is 0 Å². The Morgan fingerprint density at radius 1 is 1.13 bits per heavy atom. The maximum absolute atomic E-state index is 12.8. The molecular formula is C17H15ClFNO3. The lowest BCUT2D eigenvalue weighted by molar-refractivity contribution is -0.124. The van der Waals surface area contributed by atoms with E-state index in [2.05, 4.69) is 5.32 Å². The highest BCUT2D eigenvalue weighted by molar-refractivity contribution is 6.30. The number of amides is 1. The Hall–Kier alpha value is -2.40. The minimum Gasteiger partial charge on any atom is -0.452 e. The molecule has 120 valence electrons. The van der Waals surface area contributed by atoms with Gasteiger partial charge in [-0.25, -0.2) is 9.18 Å². The summed E-state index contributed by atoms with van der Waals surface area (Å²) in [5.74, 6) is -1.56. The molecule has 0 radical (unpaired) electrons. The molecule has 2 aromatic rings. The maximum Gasteiger partial charge on any atom is 0.338 e. The second kappa shape index (κ2) is 7.74. The van der Waals surface area contributed by atoms with Gasteiger partial charge in [0.25, 0.3) is 5.91 Å². The van der Waals surface area contributed by atoms with E-state index in [4.69, 9.17) is 16.3 Å². The Bertz CT molecular complexity index is 686. The number of hydrogen-bond acceptors (Lipinski definition) is 3. The summed E-state index contributed by atoms with van der Waals surface area (Å²) in [4.78, 5) is 23.5. The normalized spacial score (nSPS) is 11.6. The number of benzene rings is 2. The maximum atomic E-state index is 12.8. The van der Waals surface area contributed by atoms with E-state index in [0.29, 0.717) is 5.02 Å². The van der Waals surface area contributed by atoms with E-state index in [0.717, 1.165) is 17.7 Å². The van der Waals surface area contributed by atoms with Crippen LogP contribution in [0.1, 0.15) is 28.9 Å². The zero-order chi connectivity index (χ0) is 16.8. The molecule has 0 saturated carbocycles. The number of ether oxygens (including phenoxy) is 1. The van der Waals surface area contributed by atoms with E-state index in [1.165, 1.54) is 12.1 Å². The highest BCUT2D eigenvalue weighted by atomic mass is 35.5. The minimum absolute atomic E-state index is 0.185. The average Bonchev–Trinajstić information content (AvgIpc) is 2.54. The van der Waals surface area contributed by atoms with Crippen LogP contribution in [0, 0.1) is 5.82 Å². The zero-order valence-electron chi connectivity index (χ0n) is 12.4. The molecule has 0 aliphatic carbocycles. The number of carbonyl (C=O) groups excluding carboxylic acids is 2.